The quantitative estimate of drug-likeness (QED) is 0.0143. The maximum Gasteiger partial charge on any atom is 0.501 e. The third kappa shape index (κ3) is 18.3. The molecule has 4 heterocycles. The molecule has 514 valence electrons. The van der Waals surface area contributed by atoms with Crippen molar-refractivity contribution in [3.63, 3.8) is 0 Å². The number of nitrogens with zero attached hydrogens (tertiary/aromatic N) is 5. The van der Waals surface area contributed by atoms with Crippen LogP contribution in [0.5, 0.6) is 0 Å². The number of fused-ring (bicyclic) bond motifs is 1. The number of alkyl halides is 3. The Balaban J connectivity index is 0.675. The Hall–Kier alpha value is -6.88. The van der Waals surface area contributed by atoms with Gasteiger partial charge in [-0.25, -0.2) is 8.42 Å². The minimum Gasteiger partial charge on any atom is -0.382 e. The standard InChI is InChI=1S/C69H82ClF3N10O9S4/c1-4-95(78-63(85)48-15-19-52(20-16-48)81-35-33-80(34-36-81)45-49-44-68(2,3)27-25-55(49)47-13-17-50(70)18-14-47)54-21-22-57(60(43-54)96(89,90)69(71,72)73)76-51(46-94-53-9-6-5-7-10-53)26-30-79-31-37-82(38-32-79)67(93)75-29-40-92-42-41-91-39-28-74-58-12-8-11-56-62(58)66(88)83(65(56)87)59-23-24-61(84)77-64(59)86/h4-22,43,51,59,74,76H,23-42,44-46H2,1-3H3,(H,75,93)(H,78,85)(H,77,84,86)/t51-,59?,95?/m1/s1. The molecular formula is C69H82ClF3N10O9S4. The van der Waals surface area contributed by atoms with E-state index < -0.39 is 72.5 Å². The lowest BCUT2D eigenvalue weighted by Crippen LogP contribution is -2.54. The third-order valence-corrected chi connectivity index (χ3v) is 22.8. The minimum absolute atomic E-state index is 0.0304. The summed E-state index contributed by atoms with van der Waals surface area (Å²) in [7, 11) is -7.17. The summed E-state index contributed by atoms with van der Waals surface area (Å²) < 4.78 is 85.5. The van der Waals surface area contributed by atoms with Crippen LogP contribution in [0, 0.1) is 5.41 Å². The molecular weight excluding hydrogens is 1330 g/mol. The van der Waals surface area contributed by atoms with Gasteiger partial charge in [0.2, 0.25) is 11.8 Å². The molecule has 19 nitrogen and oxygen atoms in total. The second kappa shape index (κ2) is 32.7. The summed E-state index contributed by atoms with van der Waals surface area (Å²) in [6.07, 6.45) is 3.78. The van der Waals surface area contributed by atoms with Gasteiger partial charge < -0.3 is 35.2 Å². The number of carbonyl (C=O) groups is 5. The highest BCUT2D eigenvalue weighted by Gasteiger charge is 2.49. The average molecular weight is 1420 g/mol. The number of hydrogen-bond acceptors (Lipinski definition) is 16. The van der Waals surface area contributed by atoms with Crippen molar-refractivity contribution in [2.24, 2.45) is 5.41 Å². The monoisotopic (exact) mass is 1410 g/mol. The molecule has 5 aromatic rings. The van der Waals surface area contributed by atoms with Crippen LogP contribution in [0.1, 0.15) is 95.9 Å². The molecule has 5 aliphatic rings. The average Bonchev–Trinajstić information content (AvgIpc) is 1.54. The predicted molar refractivity (Wildman–Crippen MR) is 377 cm³/mol. The fraction of sp³-hybridized carbons (Fsp3) is 0.435. The number of piperidine rings is 1. The topological polar surface area (TPSA) is 214 Å². The van der Waals surface area contributed by atoms with Crippen molar-refractivity contribution in [2.45, 2.75) is 91.6 Å². The molecule has 0 aromatic heterocycles. The Labute approximate surface area is 576 Å². The Morgan fingerprint density at radius 3 is 2.21 bits per heavy atom. The number of thiocarbonyl (C=S) groups is 1. The molecule has 27 heteroatoms. The van der Waals surface area contributed by atoms with Crippen molar-refractivity contribution in [2.75, 3.05) is 126 Å². The molecule has 4 aliphatic heterocycles. The number of halogens is 4. The van der Waals surface area contributed by atoms with E-state index in [2.05, 4.69) is 71.6 Å². The van der Waals surface area contributed by atoms with Crippen LogP contribution in [0.3, 0.4) is 0 Å². The highest BCUT2D eigenvalue weighted by atomic mass is 35.5. The molecule has 3 fully saturated rings. The number of amides is 5. The molecule has 0 bridgehead atoms. The zero-order valence-electron chi connectivity index (χ0n) is 54.0. The van der Waals surface area contributed by atoms with Crippen LogP contribution in [0.15, 0.2) is 136 Å². The fourth-order valence-electron chi connectivity index (χ4n) is 12.6. The lowest BCUT2D eigenvalue weighted by molar-refractivity contribution is -0.136. The molecule has 1 aliphatic carbocycles. The number of imide groups is 2. The Morgan fingerprint density at radius 1 is 0.823 bits per heavy atom. The maximum atomic E-state index is 14.7. The zero-order valence-corrected chi connectivity index (χ0v) is 58.0. The SMILES string of the molecule is C/C=S(/NC(=O)c1ccc(N2CCN(CC3=C(c4ccc(Cl)cc4)CCC(C)(C)C3)CC2)cc1)c1ccc(N[C@H](CCN2CCN(C(=S)NCCOCCOCCNc3cccc4c3C(=O)N(C3CCC(=O)NC3=O)C4=O)CC2)CSc2ccccc2)c(S(=O)(=O)C(F)(F)F)c1. The third-order valence-electron chi connectivity index (χ3n) is 17.8. The number of allylic oxidation sites excluding steroid dienone is 1. The number of carbonyl (C=O) groups excluding carboxylic acids is 5. The van der Waals surface area contributed by atoms with E-state index >= 15 is 0 Å². The van der Waals surface area contributed by atoms with Gasteiger partial charge in [-0.3, -0.25) is 48.7 Å². The van der Waals surface area contributed by atoms with Gasteiger partial charge in [0.25, 0.3) is 27.6 Å². The summed E-state index contributed by atoms with van der Waals surface area (Å²) in [5, 5.41) is 14.8. The van der Waals surface area contributed by atoms with Crippen LogP contribution in [0.4, 0.5) is 30.2 Å². The normalized spacial score (nSPS) is 18.7. The van der Waals surface area contributed by atoms with Crippen molar-refractivity contribution in [3.8, 4) is 0 Å². The van der Waals surface area contributed by atoms with E-state index in [-0.39, 0.29) is 46.6 Å². The van der Waals surface area contributed by atoms with E-state index in [1.54, 1.807) is 42.6 Å². The van der Waals surface area contributed by atoms with Gasteiger partial charge in [0.1, 0.15) is 10.9 Å². The molecule has 0 spiro atoms. The van der Waals surface area contributed by atoms with Crippen LogP contribution >= 0.6 is 46.3 Å². The largest absolute Gasteiger partial charge is 0.501 e. The number of hydrogen-bond donors (Lipinski definition) is 5. The van der Waals surface area contributed by atoms with Gasteiger partial charge in [0.15, 0.2) is 5.11 Å². The van der Waals surface area contributed by atoms with Crippen molar-refractivity contribution in [1.29, 1.82) is 0 Å². The summed E-state index contributed by atoms with van der Waals surface area (Å²) >= 11 is 13.5. The minimum atomic E-state index is -5.88. The molecule has 2 unspecified atom stereocenters. The van der Waals surface area contributed by atoms with Crippen LogP contribution in [-0.4, -0.2) is 196 Å². The molecule has 0 radical (unpaired) electrons. The molecule has 3 saturated heterocycles. The van der Waals surface area contributed by atoms with Gasteiger partial charge in [-0.1, -0.05) is 78.1 Å². The number of nitrogens with one attached hydrogen (secondary N) is 5. The molecule has 5 N–H and O–H groups in total. The van der Waals surface area contributed by atoms with E-state index in [9.17, 15) is 45.6 Å². The lowest BCUT2D eigenvalue weighted by Gasteiger charge is -2.39. The molecule has 3 atom stereocenters. The van der Waals surface area contributed by atoms with Gasteiger partial charge in [0.05, 0.1) is 43.2 Å². The number of benzene rings is 5. The second-order valence-corrected chi connectivity index (χ2v) is 30.6. The lowest BCUT2D eigenvalue weighted by atomic mass is 9.73. The van der Waals surface area contributed by atoms with Gasteiger partial charge in [-0.15, -0.1) is 11.8 Å². The molecule has 0 saturated carbocycles. The molecule has 5 aromatic carbocycles. The first-order chi connectivity index (χ1) is 46.0. The van der Waals surface area contributed by atoms with E-state index in [0.29, 0.717) is 94.2 Å². The highest BCUT2D eigenvalue weighted by molar-refractivity contribution is 8.13. The summed E-state index contributed by atoms with van der Waals surface area (Å²) in [4.78, 5) is 74.8. The van der Waals surface area contributed by atoms with Gasteiger partial charge in [-0.05, 0) is 152 Å². The first kappa shape index (κ1) is 71.9. The van der Waals surface area contributed by atoms with Crippen LogP contribution in [-0.2, 0) is 28.9 Å². The van der Waals surface area contributed by atoms with Crippen LogP contribution in [0.25, 0.3) is 5.57 Å². The highest BCUT2D eigenvalue weighted by Crippen LogP contribution is 2.44. The predicted octanol–water partition coefficient (Wildman–Crippen LogP) is 10.2. The molecule has 5 amide bonds. The van der Waals surface area contributed by atoms with Gasteiger partial charge >= 0.3 is 5.51 Å². The summed E-state index contributed by atoms with van der Waals surface area (Å²) in [6, 6.07) is 32.3. The van der Waals surface area contributed by atoms with Gasteiger partial charge in [0, 0.05) is 129 Å². The fourth-order valence-corrected chi connectivity index (χ4v) is 16.3. The number of ether oxygens (including phenoxy) is 2. The maximum absolute atomic E-state index is 14.7. The number of rotatable bonds is 27. The van der Waals surface area contributed by atoms with E-state index in [4.69, 9.17) is 33.3 Å². The van der Waals surface area contributed by atoms with Crippen LogP contribution in [0.2, 0.25) is 5.02 Å². The summed E-state index contributed by atoms with van der Waals surface area (Å²) in [5.41, 5.74) is 0.694. The summed E-state index contributed by atoms with van der Waals surface area (Å²) in [6.45, 7) is 15.8. The van der Waals surface area contributed by atoms with Crippen molar-refractivity contribution in [3.05, 3.63) is 148 Å². The number of anilines is 3. The first-order valence-electron chi connectivity index (χ1n) is 32.3. The molecule has 96 heavy (non-hydrogen) atoms. The van der Waals surface area contributed by atoms with Gasteiger partial charge in [-0.2, -0.15) is 13.2 Å². The van der Waals surface area contributed by atoms with Crippen molar-refractivity contribution >= 4 is 119 Å². The first-order valence-corrected chi connectivity index (χ1v) is 36.9. The Morgan fingerprint density at radius 2 is 1.52 bits per heavy atom. The van der Waals surface area contributed by atoms with Crippen molar-refractivity contribution < 1.29 is 55.0 Å². The molecule has 10 rings (SSSR count). The van der Waals surface area contributed by atoms with Crippen molar-refractivity contribution in [1.82, 2.24) is 35.0 Å². The number of sulfone groups is 1. The zero-order chi connectivity index (χ0) is 68.2. The second-order valence-electron chi connectivity index (χ2n) is 25.0. The number of piperazine rings is 2. The van der Waals surface area contributed by atoms with Crippen LogP contribution < -0.4 is 30.9 Å². The number of thioether (sulfide) groups is 1. The van der Waals surface area contributed by atoms with E-state index in [1.165, 1.54) is 40.6 Å². The van der Waals surface area contributed by atoms with E-state index in [1.807, 2.05) is 54.6 Å². The van der Waals surface area contributed by atoms with E-state index in [0.717, 1.165) is 78.6 Å². The summed E-state index contributed by atoms with van der Waals surface area (Å²) in [5.74, 6) is -2.34. The Bertz CT molecular complexity index is 3810. The smallest absolute Gasteiger partial charge is 0.382 e. The Kier molecular flexibility index (Phi) is 24.4.